The third-order valence-corrected chi connectivity index (χ3v) is 2.77. The number of aromatic nitrogens is 3. The third kappa shape index (κ3) is 1.79. The van der Waals surface area contributed by atoms with Crippen molar-refractivity contribution in [2.24, 2.45) is 0 Å². The first-order valence-corrected chi connectivity index (χ1v) is 5.53. The van der Waals surface area contributed by atoms with Gasteiger partial charge in [0.1, 0.15) is 0 Å². The fraction of sp³-hybridized carbons (Fsp3) is 0. The van der Waals surface area contributed by atoms with Crippen molar-refractivity contribution in [3.05, 3.63) is 48.4 Å². The molecular weight excluding hydrogens is 246 g/mol. The molecule has 2 aromatic heterocycles. The van der Waals surface area contributed by atoms with Crippen LogP contribution in [-0.2, 0) is 0 Å². The first-order chi connectivity index (χ1) is 9.16. The average molecular weight is 255 g/mol. The van der Waals surface area contributed by atoms with Crippen molar-refractivity contribution in [3.63, 3.8) is 0 Å². The second-order valence-electron chi connectivity index (χ2n) is 3.96. The molecule has 0 aliphatic heterocycles. The van der Waals surface area contributed by atoms with Gasteiger partial charge in [0, 0.05) is 11.6 Å². The monoisotopic (exact) mass is 255 g/mol. The Hall–Kier alpha value is -2.89. The van der Waals surface area contributed by atoms with Crippen LogP contribution in [0, 0.1) is 0 Å². The lowest BCUT2D eigenvalue weighted by atomic mass is 10.2. The SMILES string of the molecule is O=C(O)c1nn(-c2cccc3ncccc23)cc1O. The number of aromatic hydroxyl groups is 1. The minimum absolute atomic E-state index is 0.367. The molecule has 0 bridgehead atoms. The number of nitrogens with zero attached hydrogens (tertiary/aromatic N) is 3. The maximum atomic E-state index is 10.9. The summed E-state index contributed by atoms with van der Waals surface area (Å²) in [6.07, 6.45) is 2.95. The predicted octanol–water partition coefficient (Wildman–Crippen LogP) is 1.82. The van der Waals surface area contributed by atoms with E-state index in [1.165, 1.54) is 10.9 Å². The highest BCUT2D eigenvalue weighted by Crippen LogP contribution is 2.23. The van der Waals surface area contributed by atoms with E-state index in [1.807, 2.05) is 12.1 Å². The molecule has 0 saturated heterocycles. The molecule has 3 aromatic rings. The Balaban J connectivity index is 2.25. The van der Waals surface area contributed by atoms with E-state index < -0.39 is 5.97 Å². The molecule has 2 N–H and O–H groups in total. The van der Waals surface area contributed by atoms with Gasteiger partial charge < -0.3 is 10.2 Å². The molecule has 0 atom stereocenters. The predicted molar refractivity (Wildman–Crippen MR) is 67.5 cm³/mol. The maximum Gasteiger partial charge on any atom is 0.360 e. The summed E-state index contributed by atoms with van der Waals surface area (Å²) in [4.78, 5) is 15.1. The number of benzene rings is 1. The molecule has 0 aliphatic carbocycles. The summed E-state index contributed by atoms with van der Waals surface area (Å²) in [5.41, 5.74) is 1.06. The number of carboxylic acids is 1. The van der Waals surface area contributed by atoms with Gasteiger partial charge in [-0.1, -0.05) is 6.07 Å². The van der Waals surface area contributed by atoms with Gasteiger partial charge in [0.25, 0.3) is 0 Å². The Morgan fingerprint density at radius 1 is 1.21 bits per heavy atom. The van der Waals surface area contributed by atoms with Gasteiger partial charge in [-0.25, -0.2) is 9.48 Å². The minimum atomic E-state index is -1.27. The number of pyridine rings is 1. The van der Waals surface area contributed by atoms with Gasteiger partial charge in [0.15, 0.2) is 5.75 Å². The van der Waals surface area contributed by atoms with E-state index in [0.717, 1.165) is 10.9 Å². The quantitative estimate of drug-likeness (QED) is 0.729. The van der Waals surface area contributed by atoms with Gasteiger partial charge in [0.05, 0.1) is 17.4 Å². The molecule has 0 spiro atoms. The lowest BCUT2D eigenvalue weighted by Gasteiger charge is -2.05. The molecule has 0 fully saturated rings. The van der Waals surface area contributed by atoms with Crippen LogP contribution >= 0.6 is 0 Å². The summed E-state index contributed by atoms with van der Waals surface area (Å²) in [6, 6.07) is 9.07. The highest BCUT2D eigenvalue weighted by atomic mass is 16.4. The van der Waals surface area contributed by atoms with Crippen molar-refractivity contribution in [3.8, 4) is 11.4 Å². The largest absolute Gasteiger partial charge is 0.504 e. The normalized spacial score (nSPS) is 10.7. The molecule has 0 aliphatic rings. The van der Waals surface area contributed by atoms with Crippen LogP contribution in [0.15, 0.2) is 42.7 Å². The number of fused-ring (bicyclic) bond motifs is 1. The Morgan fingerprint density at radius 2 is 2.05 bits per heavy atom. The zero-order chi connectivity index (χ0) is 13.4. The van der Waals surface area contributed by atoms with Gasteiger partial charge in [0.2, 0.25) is 5.69 Å². The Bertz CT molecular complexity index is 774. The highest BCUT2D eigenvalue weighted by Gasteiger charge is 2.16. The van der Waals surface area contributed by atoms with Gasteiger partial charge in [-0.2, -0.15) is 5.10 Å². The number of carboxylic acid groups (broad SMARTS) is 1. The summed E-state index contributed by atoms with van der Waals surface area (Å²) in [6.45, 7) is 0. The fourth-order valence-corrected chi connectivity index (χ4v) is 1.93. The van der Waals surface area contributed by atoms with Crippen molar-refractivity contribution < 1.29 is 15.0 Å². The molecule has 0 amide bonds. The van der Waals surface area contributed by atoms with Crippen molar-refractivity contribution in [1.29, 1.82) is 0 Å². The summed E-state index contributed by atoms with van der Waals surface area (Å²) in [5, 5.41) is 23.1. The average Bonchev–Trinajstić information content (AvgIpc) is 2.80. The number of carbonyl (C=O) groups is 1. The van der Waals surface area contributed by atoms with Gasteiger partial charge >= 0.3 is 5.97 Å². The van der Waals surface area contributed by atoms with Gasteiger partial charge in [-0.3, -0.25) is 4.98 Å². The van der Waals surface area contributed by atoms with Crippen LogP contribution in [0.3, 0.4) is 0 Å². The molecule has 2 heterocycles. The van der Waals surface area contributed by atoms with Crippen molar-refractivity contribution in [2.45, 2.75) is 0 Å². The van der Waals surface area contributed by atoms with E-state index in [4.69, 9.17) is 5.11 Å². The van der Waals surface area contributed by atoms with Crippen molar-refractivity contribution in [1.82, 2.24) is 14.8 Å². The number of rotatable bonds is 2. The molecule has 0 radical (unpaired) electrons. The van der Waals surface area contributed by atoms with Crippen LogP contribution in [0.2, 0.25) is 0 Å². The standard InChI is InChI=1S/C13H9N3O3/c17-11-7-16(15-12(11)13(18)19)10-5-1-4-9-8(10)3-2-6-14-9/h1-7,17H,(H,18,19). The third-order valence-electron chi connectivity index (χ3n) is 2.77. The Labute approximate surface area is 107 Å². The second-order valence-corrected chi connectivity index (χ2v) is 3.96. The Kier molecular flexibility index (Phi) is 2.42. The first-order valence-electron chi connectivity index (χ1n) is 5.53. The van der Waals surface area contributed by atoms with Crippen LogP contribution in [0.5, 0.6) is 5.75 Å². The van der Waals surface area contributed by atoms with E-state index in [0.29, 0.717) is 5.69 Å². The molecule has 94 valence electrons. The molecule has 0 unspecified atom stereocenters. The fourth-order valence-electron chi connectivity index (χ4n) is 1.93. The second kappa shape index (κ2) is 4.09. The first kappa shape index (κ1) is 11.2. The smallest absolute Gasteiger partial charge is 0.360 e. The number of hydrogen-bond acceptors (Lipinski definition) is 4. The maximum absolute atomic E-state index is 10.9. The molecular formula is C13H9N3O3. The van der Waals surface area contributed by atoms with E-state index in [-0.39, 0.29) is 11.4 Å². The Morgan fingerprint density at radius 3 is 2.79 bits per heavy atom. The minimum Gasteiger partial charge on any atom is -0.504 e. The van der Waals surface area contributed by atoms with Crippen molar-refractivity contribution >= 4 is 16.9 Å². The molecule has 19 heavy (non-hydrogen) atoms. The van der Waals surface area contributed by atoms with E-state index in [9.17, 15) is 9.90 Å². The zero-order valence-electron chi connectivity index (χ0n) is 9.69. The summed E-state index contributed by atoms with van der Waals surface area (Å²) in [5.74, 6) is -1.64. The number of hydrogen-bond donors (Lipinski definition) is 2. The zero-order valence-corrected chi connectivity index (χ0v) is 9.69. The number of aromatic carboxylic acids is 1. The van der Waals surface area contributed by atoms with Crippen LogP contribution in [-0.4, -0.2) is 30.9 Å². The van der Waals surface area contributed by atoms with Gasteiger partial charge in [-0.15, -0.1) is 0 Å². The summed E-state index contributed by atoms with van der Waals surface area (Å²) in [7, 11) is 0. The van der Waals surface area contributed by atoms with Gasteiger partial charge in [-0.05, 0) is 24.3 Å². The van der Waals surface area contributed by atoms with Crippen LogP contribution in [0.25, 0.3) is 16.6 Å². The lowest BCUT2D eigenvalue weighted by molar-refractivity contribution is 0.0687. The summed E-state index contributed by atoms with van der Waals surface area (Å²) < 4.78 is 1.34. The van der Waals surface area contributed by atoms with Crippen LogP contribution in [0.4, 0.5) is 0 Å². The van der Waals surface area contributed by atoms with E-state index in [1.54, 1.807) is 24.4 Å². The molecule has 6 nitrogen and oxygen atoms in total. The lowest BCUT2D eigenvalue weighted by Crippen LogP contribution is -2.01. The summed E-state index contributed by atoms with van der Waals surface area (Å²) >= 11 is 0. The van der Waals surface area contributed by atoms with Crippen LogP contribution in [0.1, 0.15) is 10.5 Å². The van der Waals surface area contributed by atoms with Crippen LogP contribution < -0.4 is 0 Å². The van der Waals surface area contributed by atoms with E-state index in [2.05, 4.69) is 10.1 Å². The molecule has 1 aromatic carbocycles. The molecule has 3 rings (SSSR count). The highest BCUT2D eigenvalue weighted by molar-refractivity contribution is 5.89. The molecule has 0 saturated carbocycles. The molecule has 6 heteroatoms. The van der Waals surface area contributed by atoms with Crippen molar-refractivity contribution in [2.75, 3.05) is 0 Å². The topological polar surface area (TPSA) is 88.2 Å². The van der Waals surface area contributed by atoms with E-state index >= 15 is 0 Å².